The summed E-state index contributed by atoms with van der Waals surface area (Å²) in [6, 6.07) is 18.8. The molecule has 0 unspecified atom stereocenters. The fraction of sp³-hybridized carbons (Fsp3) is 0.0417. The van der Waals surface area contributed by atoms with Gasteiger partial charge in [0, 0.05) is 17.4 Å². The molecule has 1 N–H and O–H groups in total. The van der Waals surface area contributed by atoms with Crippen LogP contribution in [0.25, 0.3) is 5.69 Å². The van der Waals surface area contributed by atoms with Crippen molar-refractivity contribution in [3.63, 3.8) is 0 Å². The van der Waals surface area contributed by atoms with Crippen molar-refractivity contribution in [1.29, 1.82) is 0 Å². The van der Waals surface area contributed by atoms with Crippen molar-refractivity contribution in [2.75, 3.05) is 5.32 Å². The molecular formula is C24H17FN4O. The van der Waals surface area contributed by atoms with Crippen LogP contribution < -0.4 is 5.32 Å². The van der Waals surface area contributed by atoms with Crippen LogP contribution in [0.15, 0.2) is 79.1 Å². The van der Waals surface area contributed by atoms with Gasteiger partial charge in [0.2, 0.25) is 0 Å². The molecule has 4 rings (SSSR count). The summed E-state index contributed by atoms with van der Waals surface area (Å²) in [5.74, 6) is 5.43. The quantitative estimate of drug-likeness (QED) is 0.523. The summed E-state index contributed by atoms with van der Waals surface area (Å²) in [4.78, 5) is 16.9. The van der Waals surface area contributed by atoms with Crippen molar-refractivity contribution >= 4 is 11.6 Å². The molecule has 0 saturated carbocycles. The van der Waals surface area contributed by atoms with Gasteiger partial charge in [-0.1, -0.05) is 18.1 Å². The Morgan fingerprint density at radius 1 is 1.03 bits per heavy atom. The minimum atomic E-state index is -0.326. The van der Waals surface area contributed by atoms with Gasteiger partial charge in [-0.2, -0.15) is 5.10 Å². The van der Waals surface area contributed by atoms with Crippen LogP contribution >= 0.6 is 0 Å². The maximum Gasteiger partial charge on any atom is 0.259 e. The van der Waals surface area contributed by atoms with E-state index in [1.807, 2.05) is 30.3 Å². The van der Waals surface area contributed by atoms with E-state index in [0.717, 1.165) is 5.56 Å². The van der Waals surface area contributed by atoms with Gasteiger partial charge in [-0.25, -0.2) is 14.1 Å². The van der Waals surface area contributed by atoms with Crippen molar-refractivity contribution < 1.29 is 9.18 Å². The average Bonchev–Trinajstić information content (AvgIpc) is 3.15. The molecule has 0 spiro atoms. The second-order valence-electron chi connectivity index (χ2n) is 6.53. The van der Waals surface area contributed by atoms with Crippen molar-refractivity contribution in [3.8, 4) is 17.5 Å². The van der Waals surface area contributed by atoms with Crippen molar-refractivity contribution in [3.05, 3.63) is 107 Å². The topological polar surface area (TPSA) is 59.8 Å². The fourth-order valence-electron chi connectivity index (χ4n) is 2.92. The summed E-state index contributed by atoms with van der Waals surface area (Å²) in [5.41, 5.74) is 3.84. The van der Waals surface area contributed by atoms with Crippen LogP contribution in [0.3, 0.4) is 0 Å². The van der Waals surface area contributed by atoms with Gasteiger partial charge in [-0.15, -0.1) is 0 Å². The van der Waals surface area contributed by atoms with E-state index in [1.54, 1.807) is 42.1 Å². The maximum atomic E-state index is 13.2. The molecule has 0 aliphatic heterocycles. The maximum absolute atomic E-state index is 13.2. The Kier molecular flexibility index (Phi) is 5.35. The SMILES string of the molecule is Cc1c(C(=O)Nc2cccc(C#Cc3ccccn3)c2)cnn1-c1ccc(F)cc1. The summed E-state index contributed by atoms with van der Waals surface area (Å²) < 4.78 is 14.8. The number of carbonyl (C=O) groups is 1. The zero-order valence-corrected chi connectivity index (χ0v) is 16.1. The Balaban J connectivity index is 1.52. The largest absolute Gasteiger partial charge is 0.322 e. The number of anilines is 1. The van der Waals surface area contributed by atoms with Gasteiger partial charge in [0.05, 0.1) is 23.1 Å². The molecule has 0 aliphatic rings. The van der Waals surface area contributed by atoms with Gasteiger partial charge in [0.1, 0.15) is 11.5 Å². The standard InChI is InChI=1S/C24H17FN4O/c1-17-23(16-27-29(17)22-12-9-19(25)10-13-22)24(30)28-21-7-4-5-18(15-21)8-11-20-6-2-3-14-26-20/h2-7,9-10,12-16H,1H3,(H,28,30). The summed E-state index contributed by atoms with van der Waals surface area (Å²) in [6.07, 6.45) is 3.19. The highest BCUT2D eigenvalue weighted by molar-refractivity contribution is 6.05. The Labute approximate surface area is 173 Å². The molecule has 6 heteroatoms. The van der Waals surface area contributed by atoms with Crippen molar-refractivity contribution in [2.45, 2.75) is 6.92 Å². The third kappa shape index (κ3) is 4.26. The zero-order valence-electron chi connectivity index (χ0n) is 16.1. The Morgan fingerprint density at radius 3 is 2.63 bits per heavy atom. The van der Waals surface area contributed by atoms with E-state index in [2.05, 4.69) is 27.2 Å². The molecule has 0 fully saturated rings. The van der Waals surface area contributed by atoms with Gasteiger partial charge in [0.15, 0.2) is 0 Å². The van der Waals surface area contributed by atoms with Crippen molar-refractivity contribution in [2.24, 2.45) is 0 Å². The summed E-state index contributed by atoms with van der Waals surface area (Å²) in [7, 11) is 0. The number of rotatable bonds is 3. The Bertz CT molecular complexity index is 1250. The number of nitrogens with one attached hydrogen (secondary N) is 1. The van der Waals surface area contributed by atoms with E-state index >= 15 is 0 Å². The molecule has 30 heavy (non-hydrogen) atoms. The van der Waals surface area contributed by atoms with Crippen LogP contribution in [0.4, 0.5) is 10.1 Å². The Morgan fingerprint density at radius 2 is 1.87 bits per heavy atom. The molecule has 2 heterocycles. The third-order valence-corrected chi connectivity index (χ3v) is 4.45. The van der Waals surface area contributed by atoms with Crippen LogP contribution in [-0.4, -0.2) is 20.7 Å². The number of aromatic nitrogens is 3. The molecule has 4 aromatic rings. The lowest BCUT2D eigenvalue weighted by molar-refractivity contribution is 0.102. The number of pyridine rings is 1. The van der Waals surface area contributed by atoms with Crippen LogP contribution in [-0.2, 0) is 0 Å². The van der Waals surface area contributed by atoms with Gasteiger partial charge < -0.3 is 5.32 Å². The molecule has 146 valence electrons. The second kappa shape index (κ2) is 8.41. The van der Waals surface area contributed by atoms with E-state index in [1.165, 1.54) is 18.3 Å². The van der Waals surface area contributed by atoms with Gasteiger partial charge in [-0.3, -0.25) is 4.79 Å². The highest BCUT2D eigenvalue weighted by Crippen LogP contribution is 2.17. The number of hydrogen-bond acceptors (Lipinski definition) is 3. The van der Waals surface area contributed by atoms with Crippen molar-refractivity contribution in [1.82, 2.24) is 14.8 Å². The van der Waals surface area contributed by atoms with Gasteiger partial charge >= 0.3 is 0 Å². The Hall–Kier alpha value is -4.24. The molecule has 1 amide bonds. The lowest BCUT2D eigenvalue weighted by atomic mass is 10.2. The molecule has 2 aromatic carbocycles. The zero-order chi connectivity index (χ0) is 20.9. The van der Waals surface area contributed by atoms with Gasteiger partial charge in [0.25, 0.3) is 5.91 Å². The predicted octanol–water partition coefficient (Wildman–Crippen LogP) is 4.37. The number of amides is 1. The summed E-state index contributed by atoms with van der Waals surface area (Å²) >= 11 is 0. The number of carbonyl (C=O) groups excluding carboxylic acids is 1. The first kappa shape index (κ1) is 19.1. The highest BCUT2D eigenvalue weighted by atomic mass is 19.1. The number of nitrogens with zero attached hydrogens (tertiary/aromatic N) is 3. The van der Waals surface area contributed by atoms with Crippen LogP contribution in [0, 0.1) is 24.6 Å². The molecule has 5 nitrogen and oxygen atoms in total. The lowest BCUT2D eigenvalue weighted by Crippen LogP contribution is -2.13. The van der Waals surface area contributed by atoms with Gasteiger partial charge in [-0.05, 0) is 67.4 Å². The highest BCUT2D eigenvalue weighted by Gasteiger charge is 2.15. The first-order valence-corrected chi connectivity index (χ1v) is 9.25. The van der Waals surface area contributed by atoms with E-state index in [0.29, 0.717) is 28.3 Å². The molecule has 0 bridgehead atoms. The molecule has 0 radical (unpaired) electrons. The van der Waals surface area contributed by atoms with Crippen LogP contribution in [0.5, 0.6) is 0 Å². The van der Waals surface area contributed by atoms with E-state index in [4.69, 9.17) is 0 Å². The lowest BCUT2D eigenvalue weighted by Gasteiger charge is -2.07. The molecule has 0 aliphatic carbocycles. The minimum absolute atomic E-state index is 0.282. The molecular weight excluding hydrogens is 379 g/mol. The normalized spacial score (nSPS) is 10.2. The van der Waals surface area contributed by atoms with E-state index in [-0.39, 0.29) is 11.7 Å². The predicted molar refractivity (Wildman–Crippen MR) is 113 cm³/mol. The molecule has 2 aromatic heterocycles. The fourth-order valence-corrected chi connectivity index (χ4v) is 2.92. The minimum Gasteiger partial charge on any atom is -0.322 e. The van der Waals surface area contributed by atoms with E-state index in [9.17, 15) is 9.18 Å². The first-order valence-electron chi connectivity index (χ1n) is 9.25. The summed E-state index contributed by atoms with van der Waals surface area (Å²) in [5, 5.41) is 7.14. The first-order chi connectivity index (χ1) is 14.6. The monoisotopic (exact) mass is 396 g/mol. The average molecular weight is 396 g/mol. The third-order valence-electron chi connectivity index (χ3n) is 4.45. The summed E-state index contributed by atoms with van der Waals surface area (Å²) in [6.45, 7) is 1.79. The second-order valence-corrected chi connectivity index (χ2v) is 6.53. The van der Waals surface area contributed by atoms with E-state index < -0.39 is 0 Å². The smallest absolute Gasteiger partial charge is 0.259 e. The number of hydrogen-bond donors (Lipinski definition) is 1. The van der Waals surface area contributed by atoms with Crippen LogP contribution in [0.2, 0.25) is 0 Å². The molecule has 0 atom stereocenters. The molecule has 0 saturated heterocycles. The van der Waals surface area contributed by atoms with Crippen LogP contribution in [0.1, 0.15) is 27.3 Å². The number of benzene rings is 2. The number of halogens is 1.